The Kier molecular flexibility index (Phi) is 2.42. The summed E-state index contributed by atoms with van der Waals surface area (Å²) in [5, 5.41) is 3.75. The van der Waals surface area contributed by atoms with Crippen LogP contribution in [0.2, 0.25) is 5.15 Å². The number of nitrogens with zero attached hydrogens (tertiary/aromatic N) is 1. The normalized spacial score (nSPS) is 10.6. The highest BCUT2D eigenvalue weighted by atomic mass is 35.5. The maximum absolute atomic E-state index is 5.96. The second-order valence-corrected chi connectivity index (χ2v) is 4.03. The molecule has 17 heavy (non-hydrogen) atoms. The van der Waals surface area contributed by atoms with Crippen molar-refractivity contribution in [3.05, 3.63) is 47.9 Å². The van der Waals surface area contributed by atoms with Gasteiger partial charge in [-0.25, -0.2) is 4.98 Å². The second-order valence-electron chi connectivity index (χ2n) is 3.64. The van der Waals surface area contributed by atoms with Crippen molar-refractivity contribution in [1.82, 2.24) is 9.97 Å². The molecule has 3 N–H and O–H groups in total. The summed E-state index contributed by atoms with van der Waals surface area (Å²) < 4.78 is 0. The monoisotopic (exact) mass is 245 g/mol. The minimum Gasteiger partial charge on any atom is -0.352 e. The van der Waals surface area contributed by atoms with Crippen LogP contribution in [0.3, 0.4) is 0 Å². The minimum atomic E-state index is 0.451. The van der Waals surface area contributed by atoms with Gasteiger partial charge >= 0.3 is 5.65 Å². The number of imidazole rings is 1. The largest absolute Gasteiger partial charge is 0.352 e. The zero-order valence-electron chi connectivity index (χ0n) is 8.87. The molecule has 0 saturated heterocycles. The summed E-state index contributed by atoms with van der Waals surface area (Å²) >= 11 is 5.96. The molecule has 2 aromatic heterocycles. The molecule has 0 unspecified atom stereocenters. The van der Waals surface area contributed by atoms with Crippen LogP contribution in [0, 0.1) is 0 Å². The Balaban J connectivity index is 2.08. The molecule has 0 aliphatic rings. The first-order valence-corrected chi connectivity index (χ1v) is 5.58. The van der Waals surface area contributed by atoms with Gasteiger partial charge in [0, 0.05) is 11.8 Å². The van der Waals surface area contributed by atoms with Crippen LogP contribution in [0.4, 0.5) is 11.4 Å². The van der Waals surface area contributed by atoms with E-state index in [1.54, 1.807) is 12.4 Å². The minimum absolute atomic E-state index is 0.451. The lowest BCUT2D eigenvalue weighted by Gasteiger charge is -2.04. The van der Waals surface area contributed by atoms with Gasteiger partial charge in [0.25, 0.3) is 0 Å². The van der Waals surface area contributed by atoms with E-state index in [-0.39, 0.29) is 0 Å². The first-order valence-electron chi connectivity index (χ1n) is 5.20. The van der Waals surface area contributed by atoms with Gasteiger partial charge in [0.15, 0.2) is 11.8 Å². The molecule has 5 heteroatoms. The van der Waals surface area contributed by atoms with E-state index in [9.17, 15) is 0 Å². The van der Waals surface area contributed by atoms with Gasteiger partial charge in [0.2, 0.25) is 5.15 Å². The second kappa shape index (κ2) is 4.07. The van der Waals surface area contributed by atoms with Gasteiger partial charge < -0.3 is 5.32 Å². The number of pyridine rings is 1. The van der Waals surface area contributed by atoms with Gasteiger partial charge in [0.05, 0.1) is 5.69 Å². The number of fused-ring (bicyclic) bond motifs is 1. The molecule has 0 fully saturated rings. The highest BCUT2D eigenvalue weighted by molar-refractivity contribution is 6.30. The quantitative estimate of drug-likeness (QED) is 0.682. The van der Waals surface area contributed by atoms with Crippen molar-refractivity contribution < 1.29 is 4.98 Å². The van der Waals surface area contributed by atoms with Crippen molar-refractivity contribution in [3.8, 4) is 0 Å². The van der Waals surface area contributed by atoms with Crippen LogP contribution in [-0.4, -0.2) is 9.97 Å². The summed E-state index contributed by atoms with van der Waals surface area (Å²) in [4.78, 5) is 10.3. The predicted molar refractivity (Wildman–Crippen MR) is 67.4 cm³/mol. The molecule has 0 amide bonds. The van der Waals surface area contributed by atoms with Crippen molar-refractivity contribution in [2.24, 2.45) is 0 Å². The van der Waals surface area contributed by atoms with Gasteiger partial charge in [-0.3, -0.25) is 4.98 Å². The van der Waals surface area contributed by atoms with E-state index < -0.39 is 0 Å². The first kappa shape index (κ1) is 10.1. The Labute approximate surface area is 103 Å². The number of nitrogens with one attached hydrogen (secondary N) is 3. The lowest BCUT2D eigenvalue weighted by molar-refractivity contribution is -0.347. The van der Waals surface area contributed by atoms with Crippen molar-refractivity contribution in [1.29, 1.82) is 0 Å². The van der Waals surface area contributed by atoms with Gasteiger partial charge in [0.1, 0.15) is 0 Å². The van der Waals surface area contributed by atoms with Crippen molar-refractivity contribution in [2.45, 2.75) is 0 Å². The fraction of sp³-hybridized carbons (Fsp3) is 0. The number of halogens is 1. The highest BCUT2D eigenvalue weighted by Gasteiger charge is 2.12. The molecule has 84 valence electrons. The Morgan fingerprint density at radius 3 is 2.88 bits per heavy atom. The number of H-pyrrole nitrogens is 2. The molecule has 2 heterocycles. The summed E-state index contributed by atoms with van der Waals surface area (Å²) in [5.41, 5.74) is 3.53. The number of aromatic amines is 2. The summed E-state index contributed by atoms with van der Waals surface area (Å²) in [7, 11) is 0. The van der Waals surface area contributed by atoms with E-state index in [4.69, 9.17) is 11.6 Å². The number of hydrogen-bond acceptors (Lipinski definition) is 2. The molecule has 0 spiro atoms. The zero-order chi connectivity index (χ0) is 11.7. The topological polar surface area (TPSA) is 54.9 Å². The average Bonchev–Trinajstić information content (AvgIpc) is 2.78. The van der Waals surface area contributed by atoms with Crippen LogP contribution in [-0.2, 0) is 0 Å². The maximum Gasteiger partial charge on any atom is 0.302 e. The zero-order valence-corrected chi connectivity index (χ0v) is 9.62. The Bertz CT molecular complexity index is 648. The molecule has 0 atom stereocenters. The number of hydrogen-bond donors (Lipinski definition) is 2. The summed E-state index contributed by atoms with van der Waals surface area (Å²) in [6.45, 7) is 0. The fourth-order valence-electron chi connectivity index (χ4n) is 1.72. The number of anilines is 2. The van der Waals surface area contributed by atoms with Crippen molar-refractivity contribution in [2.75, 3.05) is 5.32 Å². The predicted octanol–water partition coefficient (Wildman–Crippen LogP) is 2.77. The van der Waals surface area contributed by atoms with Crippen LogP contribution in [0.5, 0.6) is 0 Å². The molecule has 3 aromatic rings. The molecule has 3 rings (SSSR count). The van der Waals surface area contributed by atoms with E-state index in [1.165, 1.54) is 0 Å². The van der Waals surface area contributed by atoms with Crippen LogP contribution >= 0.6 is 11.6 Å². The number of rotatable bonds is 2. The third kappa shape index (κ3) is 1.94. The highest BCUT2D eigenvalue weighted by Crippen LogP contribution is 2.24. The summed E-state index contributed by atoms with van der Waals surface area (Å²) in [5.74, 6) is 0. The molecule has 0 bridgehead atoms. The van der Waals surface area contributed by atoms with Crippen molar-refractivity contribution >= 4 is 34.1 Å². The maximum atomic E-state index is 5.96. The lowest BCUT2D eigenvalue weighted by atomic mass is 10.3. The van der Waals surface area contributed by atoms with Gasteiger partial charge in [-0.15, -0.1) is 0 Å². The van der Waals surface area contributed by atoms with Gasteiger partial charge in [-0.05, 0) is 23.7 Å². The molecule has 1 aromatic carbocycles. The lowest BCUT2D eigenvalue weighted by Crippen LogP contribution is -1.99. The van der Waals surface area contributed by atoms with Crippen LogP contribution < -0.4 is 10.3 Å². The average molecular weight is 246 g/mol. The van der Waals surface area contributed by atoms with E-state index in [0.717, 1.165) is 22.5 Å². The number of benzene rings is 1. The van der Waals surface area contributed by atoms with Gasteiger partial charge in [-0.1, -0.05) is 23.2 Å². The van der Waals surface area contributed by atoms with E-state index in [1.807, 2.05) is 30.3 Å². The number of para-hydroxylation sites is 1. The smallest absolute Gasteiger partial charge is 0.302 e. The molecule has 0 aliphatic heterocycles. The molecule has 0 radical (unpaired) electrons. The Morgan fingerprint density at radius 1 is 1.24 bits per heavy atom. The van der Waals surface area contributed by atoms with E-state index >= 15 is 0 Å². The molecular weight excluding hydrogens is 236 g/mol. The summed E-state index contributed by atoms with van der Waals surface area (Å²) in [6, 6.07) is 11.7. The standard InChI is InChI=1S/C12H9ClN4/c13-10-6-9(11-12(17-10)15-7-14-11)16-8-4-2-1-3-5-8/h1-7H,(H2,14,15,16,17)/p+1. The first-order chi connectivity index (χ1) is 8.33. The third-order valence-electron chi connectivity index (χ3n) is 2.47. The molecule has 4 nitrogen and oxygen atoms in total. The molecular formula is C12H10ClN4+. The third-order valence-corrected chi connectivity index (χ3v) is 2.66. The van der Waals surface area contributed by atoms with Crippen LogP contribution in [0.15, 0.2) is 42.7 Å². The molecule has 0 saturated carbocycles. The van der Waals surface area contributed by atoms with E-state index in [2.05, 4.69) is 20.3 Å². The van der Waals surface area contributed by atoms with Gasteiger partial charge in [-0.2, -0.15) is 0 Å². The Hall–Kier alpha value is -2.07. The van der Waals surface area contributed by atoms with Crippen LogP contribution in [0.1, 0.15) is 0 Å². The molecule has 0 aliphatic carbocycles. The van der Waals surface area contributed by atoms with E-state index in [0.29, 0.717) is 5.15 Å². The Morgan fingerprint density at radius 2 is 2.06 bits per heavy atom. The SMILES string of the molecule is Clc1cc(Nc2ccccc2)c2[nH]c[nH+]c2n1. The van der Waals surface area contributed by atoms with Crippen molar-refractivity contribution in [3.63, 3.8) is 0 Å². The fourth-order valence-corrected chi connectivity index (χ4v) is 1.91. The summed E-state index contributed by atoms with van der Waals surface area (Å²) in [6.07, 6.45) is 1.73. The number of aromatic nitrogens is 3. The van der Waals surface area contributed by atoms with Crippen LogP contribution in [0.25, 0.3) is 11.2 Å².